The fourth-order valence-corrected chi connectivity index (χ4v) is 3.37. The van der Waals surface area contributed by atoms with Crippen molar-refractivity contribution in [3.63, 3.8) is 0 Å². The molecule has 0 saturated carbocycles. The molecule has 2 N–H and O–H groups in total. The highest BCUT2D eigenvalue weighted by Gasteiger charge is 2.19. The van der Waals surface area contributed by atoms with Gasteiger partial charge >= 0.3 is 0 Å². The topological polar surface area (TPSA) is 106 Å². The number of rotatable bonds is 5. The molecule has 0 atom stereocenters. The largest absolute Gasteiger partial charge is 0.463 e. The van der Waals surface area contributed by atoms with Gasteiger partial charge < -0.3 is 14.5 Å². The first-order valence-electron chi connectivity index (χ1n) is 9.47. The molecule has 0 spiro atoms. The van der Waals surface area contributed by atoms with Crippen LogP contribution in [0.1, 0.15) is 10.4 Å². The van der Waals surface area contributed by atoms with Crippen LogP contribution in [0.2, 0.25) is 5.02 Å². The molecule has 3 aromatic carbocycles. The number of carbonyl (C=O) groups excluding carboxylic acids is 1. The number of furan rings is 1. The second-order valence-corrected chi connectivity index (χ2v) is 7.29. The Morgan fingerprint density at radius 3 is 2.64 bits per heavy atom. The predicted molar refractivity (Wildman–Crippen MR) is 115 cm³/mol. The van der Waals surface area contributed by atoms with Gasteiger partial charge in [-0.05, 0) is 65.0 Å². The van der Waals surface area contributed by atoms with Gasteiger partial charge in [-0.25, -0.2) is 13.9 Å². The van der Waals surface area contributed by atoms with Crippen molar-refractivity contribution in [1.82, 2.24) is 20.6 Å². The molecule has 33 heavy (non-hydrogen) atoms. The SMILES string of the molecule is O=C(Nc1ccc(Oc2ccc(F)cc2Cl)cc1)c1coc2cc(-c3nnn[nH]3)c(F)cc12. The fraction of sp³-hybridized carbons (Fsp3) is 0. The quantitative estimate of drug-likeness (QED) is 0.349. The van der Waals surface area contributed by atoms with Gasteiger partial charge in [-0.15, -0.1) is 5.10 Å². The number of benzene rings is 3. The van der Waals surface area contributed by atoms with E-state index in [-0.39, 0.29) is 22.0 Å². The number of nitrogens with one attached hydrogen (secondary N) is 2. The number of amides is 1. The van der Waals surface area contributed by atoms with Crippen LogP contribution in [0, 0.1) is 11.6 Å². The highest BCUT2D eigenvalue weighted by atomic mass is 35.5. The summed E-state index contributed by atoms with van der Waals surface area (Å²) in [5, 5.41) is 16.2. The summed E-state index contributed by atoms with van der Waals surface area (Å²) in [7, 11) is 0. The van der Waals surface area contributed by atoms with E-state index in [1.165, 1.54) is 30.5 Å². The molecule has 2 heterocycles. The van der Waals surface area contributed by atoms with Crippen molar-refractivity contribution in [2.24, 2.45) is 0 Å². The van der Waals surface area contributed by atoms with E-state index in [0.717, 1.165) is 6.07 Å². The van der Waals surface area contributed by atoms with Crippen molar-refractivity contribution in [1.29, 1.82) is 0 Å². The molecular formula is C22H12ClF2N5O3. The van der Waals surface area contributed by atoms with Gasteiger partial charge in [0.05, 0.1) is 16.1 Å². The molecule has 5 aromatic rings. The van der Waals surface area contributed by atoms with Gasteiger partial charge in [0.1, 0.15) is 35.0 Å². The third kappa shape index (κ3) is 4.11. The molecule has 164 valence electrons. The minimum atomic E-state index is -0.613. The first-order valence-corrected chi connectivity index (χ1v) is 9.85. The third-order valence-electron chi connectivity index (χ3n) is 4.74. The average Bonchev–Trinajstić information content (AvgIpc) is 3.46. The Labute approximate surface area is 189 Å². The molecule has 0 aliphatic rings. The van der Waals surface area contributed by atoms with Crippen LogP contribution in [-0.2, 0) is 0 Å². The minimum absolute atomic E-state index is 0.116. The van der Waals surface area contributed by atoms with E-state index in [2.05, 4.69) is 25.9 Å². The van der Waals surface area contributed by atoms with E-state index in [4.69, 9.17) is 20.8 Å². The molecule has 0 saturated heterocycles. The molecular weight excluding hydrogens is 456 g/mol. The minimum Gasteiger partial charge on any atom is -0.463 e. The summed E-state index contributed by atoms with van der Waals surface area (Å²) in [5.41, 5.74) is 1.04. The number of ether oxygens (including phenoxy) is 1. The Hall–Kier alpha value is -4.31. The van der Waals surface area contributed by atoms with E-state index in [1.54, 1.807) is 24.3 Å². The summed E-state index contributed by atoms with van der Waals surface area (Å²) >= 11 is 5.97. The smallest absolute Gasteiger partial charge is 0.259 e. The molecule has 0 bridgehead atoms. The Morgan fingerprint density at radius 2 is 1.91 bits per heavy atom. The van der Waals surface area contributed by atoms with Gasteiger partial charge in [-0.2, -0.15) is 0 Å². The Balaban J connectivity index is 1.33. The van der Waals surface area contributed by atoms with Gasteiger partial charge in [0.15, 0.2) is 5.82 Å². The Morgan fingerprint density at radius 1 is 1.09 bits per heavy atom. The number of carbonyl (C=O) groups is 1. The van der Waals surface area contributed by atoms with Crippen molar-refractivity contribution < 1.29 is 22.7 Å². The number of hydrogen-bond acceptors (Lipinski definition) is 6. The lowest BCUT2D eigenvalue weighted by Crippen LogP contribution is -2.11. The molecule has 0 radical (unpaired) electrons. The number of tetrazole rings is 1. The van der Waals surface area contributed by atoms with E-state index in [0.29, 0.717) is 28.2 Å². The Kier molecular flexibility index (Phi) is 5.19. The second-order valence-electron chi connectivity index (χ2n) is 6.88. The van der Waals surface area contributed by atoms with Crippen molar-refractivity contribution in [2.75, 3.05) is 5.32 Å². The summed E-state index contributed by atoms with van der Waals surface area (Å²) in [6.07, 6.45) is 1.25. The van der Waals surface area contributed by atoms with Crippen molar-refractivity contribution in [2.45, 2.75) is 0 Å². The van der Waals surface area contributed by atoms with E-state index in [9.17, 15) is 13.6 Å². The van der Waals surface area contributed by atoms with Crippen LogP contribution in [0.5, 0.6) is 11.5 Å². The predicted octanol–water partition coefficient (Wildman–Crippen LogP) is 5.59. The lowest BCUT2D eigenvalue weighted by molar-refractivity contribution is 0.102. The molecule has 0 unspecified atom stereocenters. The maximum atomic E-state index is 14.6. The van der Waals surface area contributed by atoms with Crippen LogP contribution in [0.15, 0.2) is 65.3 Å². The van der Waals surface area contributed by atoms with Crippen molar-refractivity contribution in [3.8, 4) is 22.9 Å². The first kappa shape index (κ1) is 20.6. The molecule has 2 aromatic heterocycles. The molecule has 5 rings (SSSR count). The molecule has 1 amide bonds. The molecule has 8 nitrogen and oxygen atoms in total. The molecule has 0 fully saturated rings. The van der Waals surface area contributed by atoms with Gasteiger partial charge in [0, 0.05) is 11.1 Å². The first-order chi connectivity index (χ1) is 16.0. The summed E-state index contributed by atoms with van der Waals surface area (Å²) in [4.78, 5) is 12.8. The second kappa shape index (κ2) is 8.32. The van der Waals surface area contributed by atoms with E-state index < -0.39 is 17.5 Å². The maximum Gasteiger partial charge on any atom is 0.259 e. The van der Waals surface area contributed by atoms with Crippen LogP contribution in [-0.4, -0.2) is 26.5 Å². The average molecular weight is 468 g/mol. The number of halogens is 3. The van der Waals surface area contributed by atoms with Gasteiger partial charge in [0.25, 0.3) is 5.91 Å². The highest BCUT2D eigenvalue weighted by Crippen LogP contribution is 2.31. The zero-order valence-electron chi connectivity index (χ0n) is 16.5. The fourth-order valence-electron chi connectivity index (χ4n) is 3.17. The molecule has 11 heteroatoms. The van der Waals surface area contributed by atoms with E-state index >= 15 is 0 Å². The number of aromatic amines is 1. The van der Waals surface area contributed by atoms with Crippen molar-refractivity contribution >= 4 is 34.2 Å². The molecule has 0 aliphatic heterocycles. The summed E-state index contributed by atoms with van der Waals surface area (Å²) in [6, 6.07) is 12.9. The van der Waals surface area contributed by atoms with Gasteiger partial charge in [-0.3, -0.25) is 4.79 Å². The number of aromatic nitrogens is 4. The number of hydrogen-bond donors (Lipinski definition) is 2. The van der Waals surface area contributed by atoms with Crippen LogP contribution >= 0.6 is 11.6 Å². The summed E-state index contributed by atoms with van der Waals surface area (Å²) in [5.74, 6) is -0.701. The normalized spacial score (nSPS) is 11.0. The number of nitrogens with zero attached hydrogens (tertiary/aromatic N) is 3. The summed E-state index contributed by atoms with van der Waals surface area (Å²) in [6.45, 7) is 0. The third-order valence-corrected chi connectivity index (χ3v) is 5.04. The zero-order valence-corrected chi connectivity index (χ0v) is 17.2. The van der Waals surface area contributed by atoms with Crippen molar-refractivity contribution in [3.05, 3.63) is 83.1 Å². The summed E-state index contributed by atoms with van der Waals surface area (Å²) < 4.78 is 38.8. The number of fused-ring (bicyclic) bond motifs is 1. The van der Waals surface area contributed by atoms with Gasteiger partial charge in [-0.1, -0.05) is 11.6 Å². The molecule has 0 aliphatic carbocycles. The van der Waals surface area contributed by atoms with Crippen LogP contribution in [0.3, 0.4) is 0 Å². The Bertz CT molecular complexity index is 1470. The monoisotopic (exact) mass is 467 g/mol. The van der Waals surface area contributed by atoms with Crippen LogP contribution in [0.25, 0.3) is 22.4 Å². The number of H-pyrrole nitrogens is 1. The van der Waals surface area contributed by atoms with Crippen LogP contribution < -0.4 is 10.1 Å². The van der Waals surface area contributed by atoms with E-state index in [1.807, 2.05) is 0 Å². The highest BCUT2D eigenvalue weighted by molar-refractivity contribution is 6.32. The standard InChI is InChI=1S/C22H12ClF2N5O3/c23-17-7-11(24)1-6-19(17)33-13-4-2-12(3-5-13)26-22(31)16-10-32-20-9-15(18(25)8-14(16)20)21-27-29-30-28-21/h1-10H,(H,26,31)(H,27,28,29,30). The lowest BCUT2D eigenvalue weighted by atomic mass is 10.1. The maximum absolute atomic E-state index is 14.6. The number of anilines is 1. The van der Waals surface area contributed by atoms with Crippen LogP contribution in [0.4, 0.5) is 14.5 Å². The van der Waals surface area contributed by atoms with Gasteiger partial charge in [0.2, 0.25) is 0 Å². The zero-order chi connectivity index (χ0) is 22.9. The lowest BCUT2D eigenvalue weighted by Gasteiger charge is -2.09.